The number of nitrogens with one attached hydrogen (secondary N) is 2. The van der Waals surface area contributed by atoms with Crippen molar-refractivity contribution in [2.75, 3.05) is 18.8 Å². The van der Waals surface area contributed by atoms with Crippen LogP contribution in [0, 0.1) is 11.6 Å². The fourth-order valence-electron chi connectivity index (χ4n) is 4.59. The molecule has 194 valence electrons. The molecule has 5 rings (SSSR count). The number of carbonyl (C=O) groups excluding carboxylic acids is 1. The van der Waals surface area contributed by atoms with Crippen LogP contribution in [0.5, 0.6) is 11.5 Å². The highest BCUT2D eigenvalue weighted by Crippen LogP contribution is 2.37. The van der Waals surface area contributed by atoms with Crippen LogP contribution in [0.2, 0.25) is 0 Å². The molecule has 1 fully saturated rings. The molecule has 0 saturated carbocycles. The van der Waals surface area contributed by atoms with Crippen LogP contribution >= 0.6 is 0 Å². The van der Waals surface area contributed by atoms with Gasteiger partial charge in [0.1, 0.15) is 35.3 Å². The summed E-state index contributed by atoms with van der Waals surface area (Å²) in [5.74, 6) is -1.01. The highest BCUT2D eigenvalue weighted by atomic mass is 19.1. The molecule has 6 N–H and O–H groups in total. The lowest BCUT2D eigenvalue weighted by atomic mass is 9.84. The van der Waals surface area contributed by atoms with Gasteiger partial charge in [-0.1, -0.05) is 30.3 Å². The number of benzene rings is 3. The molecular formula is C28H26F2N6O2. The molecule has 1 amide bonds. The zero-order valence-corrected chi connectivity index (χ0v) is 20.3. The lowest BCUT2D eigenvalue weighted by Crippen LogP contribution is -2.54. The normalized spacial score (nSPS) is 17.7. The van der Waals surface area contributed by atoms with Crippen molar-refractivity contribution in [3.8, 4) is 22.6 Å². The van der Waals surface area contributed by atoms with Crippen molar-refractivity contribution in [1.82, 2.24) is 20.6 Å². The van der Waals surface area contributed by atoms with Crippen LogP contribution in [-0.2, 0) is 0 Å². The van der Waals surface area contributed by atoms with E-state index in [1.54, 1.807) is 12.1 Å². The van der Waals surface area contributed by atoms with E-state index < -0.39 is 29.1 Å². The standard InChI is InChI=1S/C28H26F2N6O2/c29-18-8-11-21(22(30)14-18)27(37)36-25(28(32)12-13-33-15-28)24-23(26(31)35-16-34-24)17-6-9-20(10-7-17)38-19-4-2-1-3-5-19/h1-11,14,16,25,33H,12-13,15,32H2,(H,36,37)(H2,31,34,35). The number of hydrogen-bond acceptors (Lipinski definition) is 7. The van der Waals surface area contributed by atoms with E-state index in [0.717, 1.165) is 12.1 Å². The highest BCUT2D eigenvalue weighted by molar-refractivity contribution is 5.95. The van der Waals surface area contributed by atoms with Crippen molar-refractivity contribution < 1.29 is 18.3 Å². The van der Waals surface area contributed by atoms with Gasteiger partial charge in [-0.05, 0) is 54.9 Å². The third-order valence-electron chi connectivity index (χ3n) is 6.55. The number of ether oxygens (including phenoxy) is 1. The summed E-state index contributed by atoms with van der Waals surface area (Å²) in [5.41, 5.74) is 13.4. The van der Waals surface area contributed by atoms with Gasteiger partial charge in [0, 0.05) is 18.2 Å². The molecule has 0 spiro atoms. The van der Waals surface area contributed by atoms with Gasteiger partial charge < -0.3 is 26.8 Å². The van der Waals surface area contributed by atoms with Gasteiger partial charge in [0.05, 0.1) is 22.8 Å². The summed E-state index contributed by atoms with van der Waals surface area (Å²) in [6.07, 6.45) is 1.81. The van der Waals surface area contributed by atoms with E-state index >= 15 is 0 Å². The Morgan fingerprint density at radius 1 is 1.03 bits per heavy atom. The van der Waals surface area contributed by atoms with E-state index in [2.05, 4.69) is 20.6 Å². The zero-order chi connectivity index (χ0) is 26.7. The van der Waals surface area contributed by atoms with E-state index in [9.17, 15) is 13.6 Å². The molecule has 0 radical (unpaired) electrons. The molecule has 8 nitrogen and oxygen atoms in total. The Morgan fingerprint density at radius 3 is 2.45 bits per heavy atom. The number of carbonyl (C=O) groups is 1. The van der Waals surface area contributed by atoms with Crippen molar-refractivity contribution in [2.24, 2.45) is 5.73 Å². The van der Waals surface area contributed by atoms with Gasteiger partial charge in [-0.25, -0.2) is 18.7 Å². The summed E-state index contributed by atoms with van der Waals surface area (Å²) >= 11 is 0. The van der Waals surface area contributed by atoms with Gasteiger partial charge in [-0.15, -0.1) is 0 Å². The van der Waals surface area contributed by atoms with Crippen LogP contribution in [0.25, 0.3) is 11.1 Å². The number of hydrogen-bond donors (Lipinski definition) is 4. The van der Waals surface area contributed by atoms with Crippen LogP contribution in [-0.4, -0.2) is 34.5 Å². The van der Waals surface area contributed by atoms with E-state index in [1.807, 2.05) is 42.5 Å². The molecule has 2 heterocycles. The molecular weight excluding hydrogens is 490 g/mol. The number of amides is 1. The van der Waals surface area contributed by atoms with Crippen molar-refractivity contribution in [3.05, 3.63) is 102 Å². The largest absolute Gasteiger partial charge is 0.457 e. The van der Waals surface area contributed by atoms with Gasteiger partial charge in [0.15, 0.2) is 0 Å². The summed E-state index contributed by atoms with van der Waals surface area (Å²) < 4.78 is 33.8. The number of para-hydroxylation sites is 1. The number of nitrogens with zero attached hydrogens (tertiary/aromatic N) is 2. The first-order chi connectivity index (χ1) is 18.3. The Kier molecular flexibility index (Phi) is 6.99. The molecule has 10 heteroatoms. The summed E-state index contributed by atoms with van der Waals surface area (Å²) in [7, 11) is 0. The van der Waals surface area contributed by atoms with Crippen LogP contribution in [0.1, 0.15) is 28.5 Å². The number of rotatable bonds is 7. The van der Waals surface area contributed by atoms with E-state index in [4.69, 9.17) is 16.2 Å². The molecule has 0 bridgehead atoms. The maximum Gasteiger partial charge on any atom is 0.254 e. The molecule has 1 aliphatic heterocycles. The molecule has 1 aliphatic rings. The zero-order valence-electron chi connectivity index (χ0n) is 20.3. The smallest absolute Gasteiger partial charge is 0.254 e. The fourth-order valence-corrected chi connectivity index (χ4v) is 4.59. The Morgan fingerprint density at radius 2 is 1.76 bits per heavy atom. The first-order valence-corrected chi connectivity index (χ1v) is 12.0. The summed E-state index contributed by atoms with van der Waals surface area (Å²) in [6.45, 7) is 0.992. The van der Waals surface area contributed by atoms with Crippen LogP contribution in [0.4, 0.5) is 14.6 Å². The van der Waals surface area contributed by atoms with Crippen molar-refractivity contribution in [3.63, 3.8) is 0 Å². The summed E-state index contributed by atoms with van der Waals surface area (Å²) in [4.78, 5) is 21.8. The Balaban J connectivity index is 1.52. The van der Waals surface area contributed by atoms with Crippen molar-refractivity contribution in [1.29, 1.82) is 0 Å². The lowest BCUT2D eigenvalue weighted by Gasteiger charge is -2.34. The topological polar surface area (TPSA) is 128 Å². The third-order valence-corrected chi connectivity index (χ3v) is 6.55. The average molecular weight is 517 g/mol. The molecule has 1 saturated heterocycles. The first-order valence-electron chi connectivity index (χ1n) is 12.0. The monoisotopic (exact) mass is 516 g/mol. The van der Waals surface area contributed by atoms with Gasteiger partial charge in [-0.2, -0.15) is 0 Å². The predicted molar refractivity (Wildman–Crippen MR) is 139 cm³/mol. The van der Waals surface area contributed by atoms with Gasteiger partial charge >= 0.3 is 0 Å². The predicted octanol–water partition coefficient (Wildman–Crippen LogP) is 3.96. The number of nitrogens with two attached hydrogens (primary N) is 2. The number of halogens is 2. The minimum absolute atomic E-state index is 0.188. The lowest BCUT2D eigenvalue weighted by molar-refractivity contribution is 0.0910. The maximum absolute atomic E-state index is 14.4. The minimum atomic E-state index is -0.978. The molecule has 3 aromatic carbocycles. The highest BCUT2D eigenvalue weighted by Gasteiger charge is 2.42. The Labute approximate surface area is 218 Å². The first kappa shape index (κ1) is 25.2. The quantitative estimate of drug-likeness (QED) is 0.293. The van der Waals surface area contributed by atoms with E-state index in [0.29, 0.717) is 53.9 Å². The number of anilines is 1. The Bertz CT molecular complexity index is 1440. The molecule has 38 heavy (non-hydrogen) atoms. The third kappa shape index (κ3) is 5.17. The molecule has 2 atom stereocenters. The molecule has 2 unspecified atom stereocenters. The molecule has 4 aromatic rings. The van der Waals surface area contributed by atoms with E-state index in [-0.39, 0.29) is 11.4 Å². The number of aromatic nitrogens is 2. The fraction of sp³-hybridized carbons (Fsp3) is 0.179. The van der Waals surface area contributed by atoms with Gasteiger partial charge in [0.25, 0.3) is 5.91 Å². The second-order valence-electron chi connectivity index (χ2n) is 9.15. The van der Waals surface area contributed by atoms with Gasteiger partial charge in [0.2, 0.25) is 0 Å². The second kappa shape index (κ2) is 10.5. The summed E-state index contributed by atoms with van der Waals surface area (Å²) in [5, 5.41) is 6.05. The average Bonchev–Trinajstić information content (AvgIpc) is 3.35. The minimum Gasteiger partial charge on any atom is -0.457 e. The summed E-state index contributed by atoms with van der Waals surface area (Å²) in [6, 6.07) is 18.5. The van der Waals surface area contributed by atoms with Crippen molar-refractivity contribution >= 4 is 11.7 Å². The van der Waals surface area contributed by atoms with Crippen LogP contribution in [0.3, 0.4) is 0 Å². The van der Waals surface area contributed by atoms with Gasteiger partial charge in [-0.3, -0.25) is 4.79 Å². The second-order valence-corrected chi connectivity index (χ2v) is 9.15. The van der Waals surface area contributed by atoms with Crippen LogP contribution < -0.4 is 26.8 Å². The molecule has 1 aromatic heterocycles. The number of nitrogen functional groups attached to an aromatic ring is 1. The van der Waals surface area contributed by atoms with E-state index in [1.165, 1.54) is 6.33 Å². The van der Waals surface area contributed by atoms with Crippen molar-refractivity contribution in [2.45, 2.75) is 18.0 Å². The maximum atomic E-state index is 14.4. The Hall–Kier alpha value is -4.41. The molecule has 0 aliphatic carbocycles. The van der Waals surface area contributed by atoms with Crippen LogP contribution in [0.15, 0.2) is 79.1 Å². The SMILES string of the molecule is Nc1ncnc(C(NC(=O)c2ccc(F)cc2F)C2(N)CCNC2)c1-c1ccc(Oc2ccccc2)cc1.